The highest BCUT2D eigenvalue weighted by atomic mass is 79.9. The molecule has 0 N–H and O–H groups in total. The lowest BCUT2D eigenvalue weighted by molar-refractivity contribution is 0.0600. The van der Waals surface area contributed by atoms with Crippen LogP contribution in [-0.4, -0.2) is 13.1 Å². The Morgan fingerprint density at radius 3 is 2.43 bits per heavy atom. The molecule has 0 bridgehead atoms. The SMILES string of the molecule is CCc1ccc(OCc2ccc(C(=O)OC)cc2Br)cc1. The van der Waals surface area contributed by atoms with E-state index in [-0.39, 0.29) is 5.97 Å². The van der Waals surface area contributed by atoms with Gasteiger partial charge in [0.2, 0.25) is 0 Å². The van der Waals surface area contributed by atoms with Gasteiger partial charge in [-0.05, 0) is 36.2 Å². The number of aryl methyl sites for hydroxylation is 1. The van der Waals surface area contributed by atoms with Gasteiger partial charge >= 0.3 is 5.97 Å². The summed E-state index contributed by atoms with van der Waals surface area (Å²) < 4.78 is 11.3. The van der Waals surface area contributed by atoms with Gasteiger partial charge in [0.15, 0.2) is 0 Å². The van der Waals surface area contributed by atoms with Gasteiger partial charge in [-0.25, -0.2) is 4.79 Å². The molecule has 0 aliphatic heterocycles. The van der Waals surface area contributed by atoms with Gasteiger partial charge in [0.1, 0.15) is 12.4 Å². The second-order valence-electron chi connectivity index (χ2n) is 4.58. The molecule has 0 radical (unpaired) electrons. The zero-order valence-corrected chi connectivity index (χ0v) is 13.6. The molecule has 0 atom stereocenters. The average molecular weight is 349 g/mol. The number of rotatable bonds is 5. The average Bonchev–Trinajstić information content (AvgIpc) is 2.53. The van der Waals surface area contributed by atoms with E-state index in [4.69, 9.17) is 9.47 Å². The molecule has 3 nitrogen and oxygen atoms in total. The summed E-state index contributed by atoms with van der Waals surface area (Å²) in [5.74, 6) is 0.481. The maximum absolute atomic E-state index is 11.4. The monoisotopic (exact) mass is 348 g/mol. The number of benzene rings is 2. The van der Waals surface area contributed by atoms with Crippen molar-refractivity contribution in [1.82, 2.24) is 0 Å². The van der Waals surface area contributed by atoms with Crippen LogP contribution in [0.3, 0.4) is 0 Å². The third-order valence-corrected chi connectivity index (χ3v) is 3.94. The Labute approximate surface area is 133 Å². The van der Waals surface area contributed by atoms with Gasteiger partial charge in [0.25, 0.3) is 0 Å². The first-order valence-electron chi connectivity index (χ1n) is 6.72. The Balaban J connectivity index is 2.04. The summed E-state index contributed by atoms with van der Waals surface area (Å²) in [6.45, 7) is 2.56. The smallest absolute Gasteiger partial charge is 0.337 e. The molecule has 0 aliphatic carbocycles. The van der Waals surface area contributed by atoms with E-state index in [1.165, 1.54) is 12.7 Å². The van der Waals surface area contributed by atoms with Crippen LogP contribution in [0, 0.1) is 0 Å². The first-order chi connectivity index (χ1) is 10.1. The van der Waals surface area contributed by atoms with E-state index in [0.717, 1.165) is 22.2 Å². The van der Waals surface area contributed by atoms with Gasteiger partial charge in [-0.1, -0.05) is 41.1 Å². The van der Waals surface area contributed by atoms with Gasteiger partial charge in [-0.2, -0.15) is 0 Å². The number of methoxy groups -OCH3 is 1. The van der Waals surface area contributed by atoms with Crippen molar-refractivity contribution in [3.05, 3.63) is 63.6 Å². The number of carbonyl (C=O) groups is 1. The lowest BCUT2D eigenvalue weighted by atomic mass is 10.1. The molecule has 21 heavy (non-hydrogen) atoms. The Bertz CT molecular complexity index is 620. The van der Waals surface area contributed by atoms with Crippen LogP contribution >= 0.6 is 15.9 Å². The summed E-state index contributed by atoms with van der Waals surface area (Å²) in [5.41, 5.74) is 2.77. The van der Waals surface area contributed by atoms with Crippen molar-refractivity contribution in [2.24, 2.45) is 0 Å². The van der Waals surface area contributed by atoms with Crippen molar-refractivity contribution in [3.8, 4) is 5.75 Å². The number of ether oxygens (including phenoxy) is 2. The molecule has 0 amide bonds. The first kappa shape index (κ1) is 15.6. The fourth-order valence-electron chi connectivity index (χ4n) is 1.89. The van der Waals surface area contributed by atoms with Crippen LogP contribution in [-0.2, 0) is 17.8 Å². The predicted molar refractivity (Wildman–Crippen MR) is 85.6 cm³/mol. The fourth-order valence-corrected chi connectivity index (χ4v) is 2.38. The largest absolute Gasteiger partial charge is 0.489 e. The predicted octanol–water partition coefficient (Wildman–Crippen LogP) is 4.38. The lowest BCUT2D eigenvalue weighted by Crippen LogP contribution is -2.03. The van der Waals surface area contributed by atoms with E-state index >= 15 is 0 Å². The van der Waals surface area contributed by atoms with Crippen LogP contribution in [0.15, 0.2) is 46.9 Å². The summed E-state index contributed by atoms with van der Waals surface area (Å²) in [5, 5.41) is 0. The first-order valence-corrected chi connectivity index (χ1v) is 7.51. The minimum absolute atomic E-state index is 0.349. The van der Waals surface area contributed by atoms with E-state index in [0.29, 0.717) is 12.2 Å². The van der Waals surface area contributed by atoms with E-state index in [1.54, 1.807) is 12.1 Å². The third-order valence-electron chi connectivity index (χ3n) is 3.20. The molecule has 4 heteroatoms. The van der Waals surface area contributed by atoms with E-state index in [9.17, 15) is 4.79 Å². The Kier molecular flexibility index (Phi) is 5.39. The molecule has 2 rings (SSSR count). The molecule has 0 fully saturated rings. The standard InChI is InChI=1S/C17H17BrO3/c1-3-12-4-8-15(9-5-12)21-11-14-7-6-13(10-16(14)18)17(19)20-2/h4-10H,3,11H2,1-2H3. The molecule has 0 heterocycles. The molecule has 0 saturated carbocycles. The van der Waals surface area contributed by atoms with Gasteiger partial charge in [0.05, 0.1) is 12.7 Å². The van der Waals surface area contributed by atoms with Crippen molar-refractivity contribution in [1.29, 1.82) is 0 Å². The maximum Gasteiger partial charge on any atom is 0.337 e. The Hall–Kier alpha value is -1.81. The number of halogens is 1. The highest BCUT2D eigenvalue weighted by Crippen LogP contribution is 2.21. The number of esters is 1. The summed E-state index contributed by atoms with van der Waals surface area (Å²) in [4.78, 5) is 11.4. The van der Waals surface area contributed by atoms with Crippen molar-refractivity contribution in [2.45, 2.75) is 20.0 Å². The zero-order chi connectivity index (χ0) is 15.2. The van der Waals surface area contributed by atoms with Crippen LogP contribution in [0.4, 0.5) is 0 Å². The van der Waals surface area contributed by atoms with E-state index in [1.807, 2.05) is 18.2 Å². The van der Waals surface area contributed by atoms with Gasteiger partial charge < -0.3 is 9.47 Å². The number of hydrogen-bond donors (Lipinski definition) is 0. The minimum atomic E-state index is -0.349. The van der Waals surface area contributed by atoms with Crippen LogP contribution < -0.4 is 4.74 Å². The Morgan fingerprint density at radius 1 is 1.14 bits per heavy atom. The summed E-state index contributed by atoms with van der Waals surface area (Å²) in [6, 6.07) is 13.4. The summed E-state index contributed by atoms with van der Waals surface area (Å²) >= 11 is 3.45. The molecular formula is C17H17BrO3. The van der Waals surface area contributed by atoms with Crippen molar-refractivity contribution in [3.63, 3.8) is 0 Å². The molecule has 2 aromatic carbocycles. The highest BCUT2D eigenvalue weighted by molar-refractivity contribution is 9.10. The van der Waals surface area contributed by atoms with Gasteiger partial charge in [-0.3, -0.25) is 0 Å². The second-order valence-corrected chi connectivity index (χ2v) is 5.44. The normalized spacial score (nSPS) is 10.2. The van der Waals surface area contributed by atoms with Crippen molar-refractivity contribution >= 4 is 21.9 Å². The Morgan fingerprint density at radius 2 is 1.86 bits per heavy atom. The van der Waals surface area contributed by atoms with Crippen LogP contribution in [0.25, 0.3) is 0 Å². The molecule has 0 unspecified atom stereocenters. The second kappa shape index (κ2) is 7.27. The summed E-state index contributed by atoms with van der Waals surface area (Å²) in [7, 11) is 1.37. The molecule has 110 valence electrons. The van der Waals surface area contributed by atoms with Gasteiger partial charge in [0, 0.05) is 10.0 Å². The molecule has 0 saturated heterocycles. The highest BCUT2D eigenvalue weighted by Gasteiger charge is 2.08. The quantitative estimate of drug-likeness (QED) is 0.752. The topological polar surface area (TPSA) is 35.5 Å². The van der Waals surface area contributed by atoms with Gasteiger partial charge in [-0.15, -0.1) is 0 Å². The molecule has 0 aliphatic rings. The zero-order valence-electron chi connectivity index (χ0n) is 12.1. The molecule has 2 aromatic rings. The lowest BCUT2D eigenvalue weighted by Gasteiger charge is -2.09. The molecule has 0 aromatic heterocycles. The van der Waals surface area contributed by atoms with Crippen LogP contribution in [0.2, 0.25) is 0 Å². The van der Waals surface area contributed by atoms with Crippen molar-refractivity contribution in [2.75, 3.05) is 7.11 Å². The molecule has 0 spiro atoms. The summed E-state index contributed by atoms with van der Waals surface area (Å²) in [6.07, 6.45) is 1.01. The van der Waals surface area contributed by atoms with Crippen LogP contribution in [0.5, 0.6) is 5.75 Å². The number of carbonyl (C=O) groups excluding carboxylic acids is 1. The van der Waals surface area contributed by atoms with E-state index in [2.05, 4.69) is 35.0 Å². The van der Waals surface area contributed by atoms with Crippen molar-refractivity contribution < 1.29 is 14.3 Å². The fraction of sp³-hybridized carbons (Fsp3) is 0.235. The minimum Gasteiger partial charge on any atom is -0.489 e. The number of hydrogen-bond acceptors (Lipinski definition) is 3. The van der Waals surface area contributed by atoms with E-state index < -0.39 is 0 Å². The van der Waals surface area contributed by atoms with Crippen LogP contribution in [0.1, 0.15) is 28.4 Å². The molecular weight excluding hydrogens is 332 g/mol. The maximum atomic E-state index is 11.4. The third kappa shape index (κ3) is 4.08.